The molecule has 29 heavy (non-hydrogen) atoms. The van der Waals surface area contributed by atoms with E-state index >= 15 is 0 Å². The van der Waals surface area contributed by atoms with Crippen LogP contribution >= 0.6 is 0 Å². The fraction of sp³-hybridized carbons (Fsp3) is 0.391. The van der Waals surface area contributed by atoms with Crippen LogP contribution in [0.5, 0.6) is 0 Å². The maximum Gasteiger partial charge on any atom is 0.166 e. The second-order valence-corrected chi connectivity index (χ2v) is 7.77. The molecule has 1 aliphatic rings. The minimum absolute atomic E-state index is 0.0133. The van der Waals surface area contributed by atoms with Gasteiger partial charge in [0.2, 0.25) is 0 Å². The minimum Gasteiger partial charge on any atom is -0.294 e. The molecule has 0 radical (unpaired) electrons. The van der Waals surface area contributed by atoms with Crippen molar-refractivity contribution in [2.45, 2.75) is 52.9 Å². The van der Waals surface area contributed by atoms with Gasteiger partial charge in [-0.25, -0.2) is 9.97 Å². The van der Waals surface area contributed by atoms with Crippen LogP contribution in [0.1, 0.15) is 70.4 Å². The Morgan fingerprint density at radius 3 is 1.90 bits per heavy atom. The highest BCUT2D eigenvalue weighted by Crippen LogP contribution is 2.25. The van der Waals surface area contributed by atoms with Gasteiger partial charge in [-0.2, -0.15) is 10.2 Å². The van der Waals surface area contributed by atoms with E-state index in [2.05, 4.69) is 10.2 Å². The molecule has 0 fully saturated rings. The summed E-state index contributed by atoms with van der Waals surface area (Å²) in [5.74, 6) is -0.277. The summed E-state index contributed by atoms with van der Waals surface area (Å²) in [6, 6.07) is 3.49. The van der Waals surface area contributed by atoms with Gasteiger partial charge in [-0.15, -0.1) is 0 Å². The third kappa shape index (κ3) is 3.67. The van der Waals surface area contributed by atoms with Gasteiger partial charge in [0.1, 0.15) is 0 Å². The van der Waals surface area contributed by atoms with E-state index in [9.17, 15) is 9.59 Å². The highest BCUT2D eigenvalue weighted by Gasteiger charge is 2.22. The quantitative estimate of drug-likeness (QED) is 0.633. The van der Waals surface area contributed by atoms with Crippen LogP contribution in [0.4, 0.5) is 0 Å². The van der Waals surface area contributed by atoms with Crippen LogP contribution in [0, 0.1) is 5.92 Å². The van der Waals surface area contributed by atoms with Gasteiger partial charge in [-0.3, -0.25) is 9.59 Å². The zero-order valence-electron chi connectivity index (χ0n) is 17.0. The zero-order valence-corrected chi connectivity index (χ0v) is 17.0. The second-order valence-electron chi connectivity index (χ2n) is 7.77. The standard InChI is InChI=1S/C23H24N4O2/c1-4-13(2)23(29)18-10-22-21(9-17(18)14(3)28)26-19-7-5-15-11-24-25-12-16(15)6-8-20(19)27-22/h9-13H,4-8H2,1-3H3. The number of benzene rings is 1. The van der Waals surface area contributed by atoms with Crippen molar-refractivity contribution in [1.29, 1.82) is 0 Å². The second kappa shape index (κ2) is 7.78. The monoisotopic (exact) mass is 388 g/mol. The van der Waals surface area contributed by atoms with E-state index in [1.54, 1.807) is 12.1 Å². The van der Waals surface area contributed by atoms with Gasteiger partial charge in [0.25, 0.3) is 0 Å². The average molecular weight is 388 g/mol. The molecule has 148 valence electrons. The Hall–Kier alpha value is -3.02. The summed E-state index contributed by atoms with van der Waals surface area (Å²) in [6.07, 6.45) is 7.59. The number of hydrogen-bond donors (Lipinski definition) is 0. The number of carbonyl (C=O) groups excluding carboxylic acids is 2. The molecule has 0 bridgehead atoms. The van der Waals surface area contributed by atoms with Gasteiger partial charge < -0.3 is 0 Å². The normalized spacial score (nSPS) is 14.4. The molecule has 2 aromatic heterocycles. The van der Waals surface area contributed by atoms with Gasteiger partial charge in [-0.05, 0) is 62.3 Å². The number of aryl methyl sites for hydroxylation is 4. The van der Waals surface area contributed by atoms with Crippen molar-refractivity contribution in [3.63, 3.8) is 0 Å². The molecule has 0 amide bonds. The van der Waals surface area contributed by atoms with Crippen molar-refractivity contribution in [2.75, 3.05) is 0 Å². The molecular formula is C23H24N4O2. The Balaban J connectivity index is 1.81. The van der Waals surface area contributed by atoms with Crippen molar-refractivity contribution in [3.8, 4) is 0 Å². The van der Waals surface area contributed by atoms with E-state index in [4.69, 9.17) is 9.97 Å². The van der Waals surface area contributed by atoms with Crippen molar-refractivity contribution in [1.82, 2.24) is 20.2 Å². The molecule has 1 aliphatic carbocycles. The molecule has 6 heteroatoms. The first-order valence-corrected chi connectivity index (χ1v) is 10.1. The van der Waals surface area contributed by atoms with Crippen LogP contribution in [0.2, 0.25) is 0 Å². The summed E-state index contributed by atoms with van der Waals surface area (Å²) in [4.78, 5) is 34.8. The van der Waals surface area contributed by atoms with E-state index in [0.29, 0.717) is 22.2 Å². The van der Waals surface area contributed by atoms with Crippen LogP contribution in [0.3, 0.4) is 0 Å². The fourth-order valence-electron chi connectivity index (χ4n) is 3.85. The minimum atomic E-state index is -0.138. The summed E-state index contributed by atoms with van der Waals surface area (Å²) in [6.45, 7) is 5.36. The van der Waals surface area contributed by atoms with Crippen molar-refractivity contribution in [2.24, 2.45) is 5.92 Å². The first-order chi connectivity index (χ1) is 14.0. The molecule has 1 unspecified atom stereocenters. The molecule has 4 rings (SSSR count). The Bertz CT molecular complexity index is 1120. The van der Waals surface area contributed by atoms with E-state index in [1.165, 1.54) is 18.1 Å². The molecule has 6 nitrogen and oxygen atoms in total. The highest BCUT2D eigenvalue weighted by atomic mass is 16.1. The first kappa shape index (κ1) is 19.3. The predicted octanol–water partition coefficient (Wildman–Crippen LogP) is 3.74. The number of aromatic nitrogens is 4. The molecular weight excluding hydrogens is 364 g/mol. The molecule has 0 aliphatic heterocycles. The van der Waals surface area contributed by atoms with Gasteiger partial charge in [0, 0.05) is 17.0 Å². The summed E-state index contributed by atoms with van der Waals surface area (Å²) in [5, 5.41) is 8.00. The maximum absolute atomic E-state index is 12.9. The topological polar surface area (TPSA) is 85.7 Å². The Kier molecular flexibility index (Phi) is 5.18. The molecule has 0 saturated carbocycles. The van der Waals surface area contributed by atoms with Gasteiger partial charge in [0.05, 0.1) is 34.8 Å². The number of nitrogens with zero attached hydrogens (tertiary/aromatic N) is 4. The largest absolute Gasteiger partial charge is 0.294 e. The Labute approximate surface area is 169 Å². The average Bonchev–Trinajstić information content (AvgIpc) is 2.72. The van der Waals surface area contributed by atoms with Crippen LogP contribution in [-0.4, -0.2) is 31.7 Å². The van der Waals surface area contributed by atoms with E-state index < -0.39 is 0 Å². The fourth-order valence-corrected chi connectivity index (χ4v) is 3.85. The molecule has 1 atom stereocenters. The van der Waals surface area contributed by atoms with E-state index in [1.807, 2.05) is 26.2 Å². The number of hydrogen-bond acceptors (Lipinski definition) is 6. The molecule has 3 aromatic rings. The Morgan fingerprint density at radius 2 is 1.41 bits per heavy atom. The van der Waals surface area contributed by atoms with Gasteiger partial charge in [0.15, 0.2) is 11.6 Å². The number of Topliss-reactive ketones (excluding diaryl/α,β-unsaturated/α-hetero) is 2. The molecule has 0 saturated heterocycles. The predicted molar refractivity (Wildman–Crippen MR) is 110 cm³/mol. The summed E-state index contributed by atoms with van der Waals surface area (Å²) in [7, 11) is 0. The number of carbonyl (C=O) groups is 2. The van der Waals surface area contributed by atoms with Gasteiger partial charge in [-0.1, -0.05) is 13.8 Å². The van der Waals surface area contributed by atoms with E-state index in [-0.39, 0.29) is 17.5 Å². The smallest absolute Gasteiger partial charge is 0.166 e. The lowest BCUT2D eigenvalue weighted by molar-refractivity contribution is 0.0916. The maximum atomic E-state index is 12.9. The third-order valence-corrected chi connectivity index (χ3v) is 5.83. The van der Waals surface area contributed by atoms with Crippen molar-refractivity contribution in [3.05, 3.63) is 58.2 Å². The summed E-state index contributed by atoms with van der Waals surface area (Å²) < 4.78 is 0. The molecule has 2 heterocycles. The SMILES string of the molecule is CCC(C)C(=O)c1cc2nc3c(nc2cc1C(C)=O)CCc1cnncc1CC3. The van der Waals surface area contributed by atoms with Crippen LogP contribution in [-0.2, 0) is 25.7 Å². The van der Waals surface area contributed by atoms with Gasteiger partial charge >= 0.3 is 0 Å². The lowest BCUT2D eigenvalue weighted by Gasteiger charge is -2.17. The summed E-state index contributed by atoms with van der Waals surface area (Å²) in [5.41, 5.74) is 6.55. The Morgan fingerprint density at radius 1 is 0.897 bits per heavy atom. The number of fused-ring (bicyclic) bond motifs is 3. The highest BCUT2D eigenvalue weighted by molar-refractivity contribution is 6.11. The third-order valence-electron chi connectivity index (χ3n) is 5.83. The van der Waals surface area contributed by atoms with Crippen LogP contribution < -0.4 is 0 Å². The number of ketones is 2. The number of rotatable bonds is 4. The lowest BCUT2D eigenvalue weighted by atomic mass is 9.91. The first-order valence-electron chi connectivity index (χ1n) is 10.1. The summed E-state index contributed by atoms with van der Waals surface area (Å²) >= 11 is 0. The lowest BCUT2D eigenvalue weighted by Crippen LogP contribution is -2.16. The van der Waals surface area contributed by atoms with Crippen LogP contribution in [0.25, 0.3) is 11.0 Å². The molecule has 1 aromatic carbocycles. The van der Waals surface area contributed by atoms with Crippen molar-refractivity contribution >= 4 is 22.6 Å². The molecule has 0 spiro atoms. The molecule has 0 N–H and O–H groups in total. The zero-order chi connectivity index (χ0) is 20.5. The van der Waals surface area contributed by atoms with E-state index in [0.717, 1.165) is 43.5 Å². The van der Waals surface area contributed by atoms with Crippen molar-refractivity contribution < 1.29 is 9.59 Å². The van der Waals surface area contributed by atoms with Crippen LogP contribution in [0.15, 0.2) is 24.5 Å².